The number of carbonyl (C=O) groups excluding carboxylic acids is 1. The number of hydrogen-bond acceptors (Lipinski definition) is 5. The van der Waals surface area contributed by atoms with Crippen LogP contribution in [0.1, 0.15) is 41.2 Å². The summed E-state index contributed by atoms with van der Waals surface area (Å²) in [5.41, 5.74) is 2.10. The van der Waals surface area contributed by atoms with E-state index in [1.807, 2.05) is 17.0 Å². The van der Waals surface area contributed by atoms with E-state index in [0.717, 1.165) is 24.2 Å². The van der Waals surface area contributed by atoms with Gasteiger partial charge in [0, 0.05) is 35.8 Å². The van der Waals surface area contributed by atoms with Crippen LogP contribution in [0.15, 0.2) is 42.7 Å². The summed E-state index contributed by atoms with van der Waals surface area (Å²) in [6, 6.07) is 6.62. The van der Waals surface area contributed by atoms with E-state index in [4.69, 9.17) is 0 Å². The number of aromatic nitrogens is 2. The van der Waals surface area contributed by atoms with Crippen LogP contribution in [0.5, 0.6) is 0 Å². The molecular formula is C22H24F2N4O3S. The third-order valence-corrected chi connectivity index (χ3v) is 8.07. The second kappa shape index (κ2) is 8.02. The number of pyridine rings is 1. The maximum atomic E-state index is 14.4. The van der Waals surface area contributed by atoms with E-state index in [1.54, 1.807) is 10.7 Å². The number of amides is 1. The summed E-state index contributed by atoms with van der Waals surface area (Å²) >= 11 is 0. The molecule has 2 saturated heterocycles. The Morgan fingerprint density at radius 3 is 2.81 bits per heavy atom. The molecule has 0 saturated carbocycles. The lowest BCUT2D eigenvalue weighted by Gasteiger charge is -2.27. The molecule has 2 aromatic heterocycles. The number of nitrogens with one attached hydrogen (secondary N) is 1. The van der Waals surface area contributed by atoms with E-state index >= 15 is 0 Å². The number of benzene rings is 1. The number of fused-ring (bicyclic) bond motifs is 1. The Balaban J connectivity index is 1.43. The molecule has 32 heavy (non-hydrogen) atoms. The first-order valence-electron chi connectivity index (χ1n) is 10.5. The third kappa shape index (κ3) is 3.94. The average Bonchev–Trinajstić information content (AvgIpc) is 3.47. The van der Waals surface area contributed by atoms with Gasteiger partial charge in [0.1, 0.15) is 11.6 Å². The molecule has 2 aliphatic rings. The zero-order valence-electron chi connectivity index (χ0n) is 17.2. The van der Waals surface area contributed by atoms with Crippen LogP contribution >= 0.6 is 10.6 Å². The molecule has 4 heterocycles. The molecule has 1 aromatic carbocycles. The highest BCUT2D eigenvalue weighted by Crippen LogP contribution is 2.45. The topological polar surface area (TPSA) is 90.1 Å². The molecule has 2 fully saturated rings. The van der Waals surface area contributed by atoms with E-state index in [0.29, 0.717) is 41.8 Å². The summed E-state index contributed by atoms with van der Waals surface area (Å²) < 4.78 is 49.4. The first-order valence-corrected chi connectivity index (χ1v) is 12.4. The number of rotatable bonds is 4. The fourth-order valence-corrected chi connectivity index (χ4v) is 6.41. The molecular weight excluding hydrogens is 438 g/mol. The minimum absolute atomic E-state index is 0.165. The van der Waals surface area contributed by atoms with Crippen molar-refractivity contribution >= 4 is 27.7 Å². The third-order valence-electron chi connectivity index (χ3n) is 6.25. The van der Waals surface area contributed by atoms with Gasteiger partial charge in [-0.05, 0) is 49.6 Å². The van der Waals surface area contributed by atoms with Crippen LogP contribution in [0.2, 0.25) is 0 Å². The van der Waals surface area contributed by atoms with Crippen LogP contribution < -0.4 is 10.2 Å². The summed E-state index contributed by atoms with van der Waals surface area (Å²) in [5.74, 6) is -0.770. The van der Waals surface area contributed by atoms with Gasteiger partial charge in [-0.25, -0.2) is 13.3 Å². The number of hydrogen-bond donors (Lipinski definition) is 3. The second-order valence-electron chi connectivity index (χ2n) is 8.42. The smallest absolute Gasteiger partial charge is 0.255 e. The number of nitrogens with zero attached hydrogens (tertiary/aromatic N) is 3. The quantitative estimate of drug-likeness (QED) is 0.541. The molecule has 0 radical (unpaired) electrons. The van der Waals surface area contributed by atoms with E-state index in [1.165, 1.54) is 12.3 Å². The maximum absolute atomic E-state index is 14.4. The van der Waals surface area contributed by atoms with Gasteiger partial charge in [0.15, 0.2) is 0 Å². The van der Waals surface area contributed by atoms with Gasteiger partial charge < -0.3 is 10.2 Å². The van der Waals surface area contributed by atoms with Crippen molar-refractivity contribution in [2.75, 3.05) is 23.0 Å². The predicted molar refractivity (Wildman–Crippen MR) is 119 cm³/mol. The van der Waals surface area contributed by atoms with Gasteiger partial charge in [0.25, 0.3) is 5.91 Å². The van der Waals surface area contributed by atoms with Gasteiger partial charge in [-0.1, -0.05) is 0 Å². The van der Waals surface area contributed by atoms with Crippen molar-refractivity contribution in [3.05, 3.63) is 65.5 Å². The molecule has 1 unspecified atom stereocenters. The average molecular weight is 463 g/mol. The minimum atomic E-state index is -2.61. The minimum Gasteiger partial charge on any atom is -0.364 e. The van der Waals surface area contributed by atoms with Crippen molar-refractivity contribution in [1.82, 2.24) is 14.9 Å². The maximum Gasteiger partial charge on any atom is 0.255 e. The monoisotopic (exact) mass is 462 g/mol. The lowest BCUT2D eigenvalue weighted by molar-refractivity contribution is 0.0942. The van der Waals surface area contributed by atoms with Crippen LogP contribution in [0.4, 0.5) is 14.5 Å². The second-order valence-corrected chi connectivity index (χ2v) is 10.8. The Hall–Kier alpha value is -2.69. The Morgan fingerprint density at radius 2 is 2.03 bits per heavy atom. The van der Waals surface area contributed by atoms with Crippen molar-refractivity contribution in [3.8, 4) is 0 Å². The molecule has 5 rings (SSSR count). The number of halogens is 2. The lowest BCUT2D eigenvalue weighted by atomic mass is 10.0. The Bertz CT molecular complexity index is 1190. The SMILES string of the molecule is O=C(NC1CCS(O)(O)C1)c1cnn2ccc(N3CCC[C@@H]3c3cc(F)ccc3F)cc12. The van der Waals surface area contributed by atoms with Crippen molar-refractivity contribution in [2.45, 2.75) is 31.3 Å². The fraction of sp³-hybridized carbons (Fsp3) is 0.364. The van der Waals surface area contributed by atoms with Crippen molar-refractivity contribution < 1.29 is 22.7 Å². The fourth-order valence-electron chi connectivity index (χ4n) is 4.69. The normalized spacial score (nSPS) is 23.6. The van der Waals surface area contributed by atoms with E-state index in [2.05, 4.69) is 10.4 Å². The zero-order chi connectivity index (χ0) is 22.5. The van der Waals surface area contributed by atoms with Crippen molar-refractivity contribution in [2.24, 2.45) is 0 Å². The zero-order valence-corrected chi connectivity index (χ0v) is 18.1. The highest BCUT2D eigenvalue weighted by molar-refractivity contribution is 8.24. The van der Waals surface area contributed by atoms with Crippen molar-refractivity contribution in [3.63, 3.8) is 0 Å². The largest absolute Gasteiger partial charge is 0.364 e. The van der Waals surface area contributed by atoms with E-state index < -0.39 is 22.2 Å². The van der Waals surface area contributed by atoms with Crippen LogP contribution in [-0.4, -0.2) is 48.7 Å². The van der Waals surface area contributed by atoms with Crippen molar-refractivity contribution in [1.29, 1.82) is 0 Å². The van der Waals surface area contributed by atoms with Gasteiger partial charge in [0.05, 0.1) is 29.1 Å². The molecule has 7 nitrogen and oxygen atoms in total. The van der Waals surface area contributed by atoms with Gasteiger partial charge >= 0.3 is 0 Å². The number of anilines is 1. The van der Waals surface area contributed by atoms with Gasteiger partial charge in [-0.2, -0.15) is 15.7 Å². The van der Waals surface area contributed by atoms with Crippen LogP contribution in [0, 0.1) is 11.6 Å². The summed E-state index contributed by atoms with van der Waals surface area (Å²) in [4.78, 5) is 14.9. The molecule has 10 heteroatoms. The molecule has 170 valence electrons. The molecule has 3 N–H and O–H groups in total. The summed E-state index contributed by atoms with van der Waals surface area (Å²) in [5, 5.41) is 7.12. The van der Waals surface area contributed by atoms with Crippen LogP contribution in [0.3, 0.4) is 0 Å². The lowest BCUT2D eigenvalue weighted by Crippen LogP contribution is -2.35. The molecule has 1 amide bonds. The summed E-state index contributed by atoms with van der Waals surface area (Å²) in [6.07, 6.45) is 5.28. The van der Waals surface area contributed by atoms with Crippen LogP contribution in [0.25, 0.3) is 5.52 Å². The van der Waals surface area contributed by atoms with Gasteiger partial charge in [0.2, 0.25) is 0 Å². The molecule has 0 aliphatic carbocycles. The number of carbonyl (C=O) groups is 1. The predicted octanol–water partition coefficient (Wildman–Crippen LogP) is 4.21. The molecule has 2 aliphatic heterocycles. The molecule has 0 spiro atoms. The molecule has 3 aromatic rings. The first kappa shape index (κ1) is 21.2. The standard InChI is InChI=1S/C22H24F2N4O3S/c23-14-3-4-19(24)17(10-14)20-2-1-7-27(20)16-5-8-28-21(11-16)18(12-25-28)22(29)26-15-6-9-32(30,31)13-15/h3-5,8,10-12,15,20,30-31H,1-2,6-7,9,13H2,(H,26,29)/t15?,20-/m1/s1. The summed E-state index contributed by atoms with van der Waals surface area (Å²) in [6.45, 7) is 0.687. The Labute approximate surface area is 185 Å². The van der Waals surface area contributed by atoms with Gasteiger partial charge in [-0.3, -0.25) is 13.9 Å². The Morgan fingerprint density at radius 1 is 1.19 bits per heavy atom. The summed E-state index contributed by atoms with van der Waals surface area (Å²) in [7, 11) is -2.61. The first-order chi connectivity index (χ1) is 15.3. The Kier molecular flexibility index (Phi) is 5.31. The highest BCUT2D eigenvalue weighted by atomic mass is 32.3. The van der Waals surface area contributed by atoms with Crippen LogP contribution in [-0.2, 0) is 0 Å². The molecule has 0 bridgehead atoms. The molecule has 2 atom stereocenters. The van der Waals surface area contributed by atoms with E-state index in [9.17, 15) is 22.7 Å². The van der Waals surface area contributed by atoms with Gasteiger partial charge in [-0.15, -0.1) is 0 Å². The highest BCUT2D eigenvalue weighted by Gasteiger charge is 2.31. The van der Waals surface area contributed by atoms with E-state index in [-0.39, 0.29) is 23.7 Å².